The number of benzene rings is 10. The van der Waals surface area contributed by atoms with E-state index in [4.69, 9.17) is 15.0 Å². The topological polar surface area (TPSA) is 58.4 Å². The van der Waals surface area contributed by atoms with Crippen molar-refractivity contribution in [1.29, 1.82) is 0 Å². The summed E-state index contributed by atoms with van der Waals surface area (Å²) in [5.74, 6) is 1.66. The minimum atomic E-state index is 0.539. The van der Waals surface area contributed by atoms with Gasteiger partial charge in [0.2, 0.25) is 11.9 Å². The normalized spacial score (nSPS) is 12.0. The Kier molecular flexibility index (Phi) is 8.23. The fraction of sp³-hybridized carbons (Fsp3) is 0. The van der Waals surface area contributed by atoms with Crippen LogP contribution < -0.4 is 0 Å². The molecule has 5 aromatic heterocycles. The van der Waals surface area contributed by atoms with Gasteiger partial charge in [0.05, 0.1) is 44.1 Å². The lowest BCUT2D eigenvalue weighted by atomic mass is 10.0. The highest BCUT2D eigenvalue weighted by atomic mass is 15.3. The van der Waals surface area contributed by atoms with Gasteiger partial charge in [-0.05, 0) is 83.9 Å². The summed E-state index contributed by atoms with van der Waals surface area (Å²) in [5, 5.41) is 9.34. The quantitative estimate of drug-likeness (QED) is 0.167. The average Bonchev–Trinajstić information content (AvgIpc) is 4.16. The van der Waals surface area contributed by atoms with E-state index in [1.54, 1.807) is 0 Å². The van der Waals surface area contributed by atoms with Crippen molar-refractivity contribution in [2.24, 2.45) is 0 Å². The highest BCUT2D eigenvalue weighted by molar-refractivity contribution is 6.30. The Balaban J connectivity index is 1.04. The Labute approximate surface area is 401 Å². The Morgan fingerprint density at radius 1 is 0.214 bits per heavy atom. The molecule has 7 heteroatoms. The third-order valence-corrected chi connectivity index (χ3v) is 14.2. The van der Waals surface area contributed by atoms with E-state index < -0.39 is 0 Å². The largest absolute Gasteiger partial charge is 0.309 e. The second kappa shape index (κ2) is 15.0. The van der Waals surface area contributed by atoms with Gasteiger partial charge >= 0.3 is 0 Å². The van der Waals surface area contributed by atoms with Crippen molar-refractivity contribution < 1.29 is 0 Å². The minimum absolute atomic E-state index is 0.539. The van der Waals surface area contributed by atoms with Crippen LogP contribution in [0.4, 0.5) is 0 Å². The van der Waals surface area contributed by atoms with Gasteiger partial charge in [0.15, 0.2) is 5.82 Å². The van der Waals surface area contributed by atoms with E-state index in [0.717, 1.165) is 93.7 Å². The van der Waals surface area contributed by atoms with E-state index in [-0.39, 0.29) is 0 Å². The number of fused-ring (bicyclic) bond motifs is 14. The summed E-state index contributed by atoms with van der Waals surface area (Å²) in [6.45, 7) is 0. The SMILES string of the molecule is c1ccc(-c2ccc(-c3nc(-n4c5ccccc5c5c6c7ccccc7n(-c7ccccc7)c6ccc54)nc(-n4c5ccccc5c5c6c7ccccc7n(-c7ccccc7)c6ccc54)n3)cc2)cc1. The number of hydrogen-bond acceptors (Lipinski definition) is 3. The number of rotatable bonds is 6. The molecule has 0 saturated carbocycles. The van der Waals surface area contributed by atoms with Crippen LogP contribution in [0.3, 0.4) is 0 Å². The van der Waals surface area contributed by atoms with Gasteiger partial charge in [0, 0.05) is 60.0 Å². The fourth-order valence-corrected chi connectivity index (χ4v) is 11.3. The number of aromatic nitrogens is 7. The van der Waals surface area contributed by atoms with Crippen LogP contribution in [0.1, 0.15) is 0 Å². The van der Waals surface area contributed by atoms with Crippen molar-refractivity contribution in [3.05, 3.63) is 237 Å². The molecule has 0 N–H and O–H groups in total. The molecule has 0 bridgehead atoms. The summed E-state index contributed by atoms with van der Waals surface area (Å²) in [7, 11) is 0. The van der Waals surface area contributed by atoms with Gasteiger partial charge in [-0.15, -0.1) is 0 Å². The van der Waals surface area contributed by atoms with Crippen LogP contribution in [0, 0.1) is 0 Å². The Morgan fingerprint density at radius 2 is 0.514 bits per heavy atom. The molecule has 0 aliphatic carbocycles. The van der Waals surface area contributed by atoms with Gasteiger partial charge in [0.1, 0.15) is 0 Å². The van der Waals surface area contributed by atoms with Crippen molar-refractivity contribution in [3.8, 4) is 45.8 Å². The average molecular weight is 894 g/mol. The van der Waals surface area contributed by atoms with Gasteiger partial charge in [-0.1, -0.05) is 164 Å². The molecule has 7 nitrogen and oxygen atoms in total. The molecule has 0 fully saturated rings. The molecule has 0 radical (unpaired) electrons. The lowest BCUT2D eigenvalue weighted by molar-refractivity contribution is 0.893. The molecule has 15 aromatic rings. The molecule has 0 spiro atoms. The molecule has 0 aliphatic rings. The van der Waals surface area contributed by atoms with Gasteiger partial charge in [-0.3, -0.25) is 9.13 Å². The molecule has 15 rings (SSSR count). The van der Waals surface area contributed by atoms with E-state index in [1.807, 2.05) is 6.07 Å². The zero-order chi connectivity index (χ0) is 45.9. The van der Waals surface area contributed by atoms with Gasteiger partial charge in [0.25, 0.3) is 0 Å². The predicted octanol–water partition coefficient (Wildman–Crippen LogP) is 15.6. The van der Waals surface area contributed by atoms with Crippen LogP contribution >= 0.6 is 0 Å². The molecule has 70 heavy (non-hydrogen) atoms. The summed E-state index contributed by atoms with van der Waals surface area (Å²) in [4.78, 5) is 16.5. The van der Waals surface area contributed by atoms with Gasteiger partial charge < -0.3 is 9.13 Å². The third-order valence-electron chi connectivity index (χ3n) is 14.2. The highest BCUT2D eigenvalue weighted by Crippen LogP contribution is 2.44. The van der Waals surface area contributed by atoms with E-state index in [0.29, 0.717) is 17.7 Å². The molecule has 0 aliphatic heterocycles. The van der Waals surface area contributed by atoms with Crippen LogP contribution in [-0.4, -0.2) is 33.2 Å². The maximum absolute atomic E-state index is 5.59. The molecule has 0 saturated heterocycles. The van der Waals surface area contributed by atoms with Crippen LogP contribution in [-0.2, 0) is 0 Å². The fourth-order valence-electron chi connectivity index (χ4n) is 11.3. The van der Waals surface area contributed by atoms with Gasteiger partial charge in [-0.2, -0.15) is 15.0 Å². The number of hydrogen-bond donors (Lipinski definition) is 0. The molecule has 0 atom stereocenters. The summed E-state index contributed by atoms with van der Waals surface area (Å²) in [6, 6.07) is 84.2. The van der Waals surface area contributed by atoms with Crippen molar-refractivity contribution in [3.63, 3.8) is 0 Å². The van der Waals surface area contributed by atoms with E-state index in [1.165, 1.54) is 21.5 Å². The molecule has 5 heterocycles. The van der Waals surface area contributed by atoms with Crippen molar-refractivity contribution in [2.45, 2.75) is 0 Å². The molecule has 0 unspecified atom stereocenters. The van der Waals surface area contributed by atoms with E-state index in [2.05, 4.69) is 249 Å². The zero-order valence-corrected chi connectivity index (χ0v) is 37.6. The van der Waals surface area contributed by atoms with Crippen molar-refractivity contribution >= 4 is 87.2 Å². The first-order valence-corrected chi connectivity index (χ1v) is 23.7. The van der Waals surface area contributed by atoms with Crippen LogP contribution in [0.25, 0.3) is 133 Å². The Bertz CT molecular complexity index is 4310. The summed E-state index contributed by atoms with van der Waals surface area (Å²) in [5.41, 5.74) is 14.1. The first kappa shape index (κ1) is 38.5. The highest BCUT2D eigenvalue weighted by Gasteiger charge is 2.25. The lowest BCUT2D eigenvalue weighted by Crippen LogP contribution is -2.10. The van der Waals surface area contributed by atoms with Gasteiger partial charge in [-0.25, -0.2) is 0 Å². The van der Waals surface area contributed by atoms with E-state index in [9.17, 15) is 0 Å². The van der Waals surface area contributed by atoms with Crippen LogP contribution in [0.2, 0.25) is 0 Å². The molecule has 10 aromatic carbocycles. The monoisotopic (exact) mass is 893 g/mol. The van der Waals surface area contributed by atoms with E-state index >= 15 is 0 Å². The minimum Gasteiger partial charge on any atom is -0.309 e. The molecule has 0 amide bonds. The zero-order valence-electron chi connectivity index (χ0n) is 37.6. The summed E-state index contributed by atoms with van der Waals surface area (Å²) >= 11 is 0. The van der Waals surface area contributed by atoms with Crippen LogP contribution in [0.15, 0.2) is 237 Å². The predicted molar refractivity (Wildman–Crippen MR) is 288 cm³/mol. The van der Waals surface area contributed by atoms with Crippen LogP contribution in [0.5, 0.6) is 0 Å². The lowest BCUT2D eigenvalue weighted by Gasteiger charge is -2.13. The molecular weight excluding hydrogens is 855 g/mol. The maximum atomic E-state index is 5.59. The molecular formula is C63H39N7. The smallest absolute Gasteiger partial charge is 0.240 e. The first-order valence-electron chi connectivity index (χ1n) is 23.7. The second-order valence-corrected chi connectivity index (χ2v) is 18.0. The summed E-state index contributed by atoms with van der Waals surface area (Å²) < 4.78 is 9.24. The summed E-state index contributed by atoms with van der Waals surface area (Å²) in [6.07, 6.45) is 0. The maximum Gasteiger partial charge on any atom is 0.240 e. The third kappa shape index (κ3) is 5.54. The first-order chi connectivity index (χ1) is 34.8. The Hall–Kier alpha value is -9.59. The standard InChI is InChI=1S/C63H39N7/c1-4-18-40(19-5-1)41-32-34-42(35-33-41)61-64-62(69-51-30-16-12-26-47(51)59-55(69)38-36-53-57(59)45-24-10-14-28-49(45)67(53)43-20-6-2-7-21-43)66-63(65-61)70-52-31-17-13-27-48(52)60-56(70)39-37-54-58(60)46-25-11-15-29-50(46)68(54)44-22-8-3-9-23-44/h1-39H. The second-order valence-electron chi connectivity index (χ2n) is 18.0. The van der Waals surface area contributed by atoms with Crippen molar-refractivity contribution in [2.75, 3.05) is 0 Å². The van der Waals surface area contributed by atoms with Crippen molar-refractivity contribution in [1.82, 2.24) is 33.2 Å². The molecule has 326 valence electrons. The number of para-hydroxylation sites is 6. The Morgan fingerprint density at radius 3 is 0.914 bits per heavy atom. The number of nitrogens with zero attached hydrogens (tertiary/aromatic N) is 7.